The lowest BCUT2D eigenvalue weighted by Crippen LogP contribution is -2.46. The van der Waals surface area contributed by atoms with E-state index in [0.717, 1.165) is 37.4 Å². The third kappa shape index (κ3) is 3.87. The van der Waals surface area contributed by atoms with E-state index in [2.05, 4.69) is 40.7 Å². The molecule has 0 aliphatic carbocycles. The molecule has 0 N–H and O–H groups in total. The van der Waals surface area contributed by atoms with E-state index >= 15 is 0 Å². The molecule has 5 heteroatoms. The molecule has 2 fully saturated rings. The van der Waals surface area contributed by atoms with E-state index in [1.807, 2.05) is 0 Å². The summed E-state index contributed by atoms with van der Waals surface area (Å²) in [4.78, 5) is 9.74. The smallest absolute Gasteiger partial charge is 0.232 e. The van der Waals surface area contributed by atoms with Crippen molar-refractivity contribution in [2.45, 2.75) is 70.9 Å². The van der Waals surface area contributed by atoms with Crippen LogP contribution < -0.4 is 0 Å². The van der Waals surface area contributed by atoms with Crippen LogP contribution in [0.15, 0.2) is 4.52 Å². The van der Waals surface area contributed by atoms with Crippen molar-refractivity contribution >= 4 is 0 Å². The number of rotatable bonds is 3. The minimum Gasteiger partial charge on any atom is -0.339 e. The van der Waals surface area contributed by atoms with Gasteiger partial charge < -0.3 is 9.42 Å². The van der Waals surface area contributed by atoms with Crippen LogP contribution in [-0.4, -0.2) is 52.2 Å². The van der Waals surface area contributed by atoms with Crippen LogP contribution in [0.5, 0.6) is 0 Å². The molecule has 0 atom stereocenters. The molecule has 0 radical (unpaired) electrons. The molecule has 0 spiro atoms. The van der Waals surface area contributed by atoms with E-state index in [4.69, 9.17) is 4.52 Å². The van der Waals surface area contributed by atoms with Gasteiger partial charge in [0.2, 0.25) is 5.89 Å². The van der Waals surface area contributed by atoms with Gasteiger partial charge in [-0.15, -0.1) is 0 Å². The number of aromatic nitrogens is 2. The molecule has 2 aliphatic rings. The van der Waals surface area contributed by atoms with Gasteiger partial charge in [-0.2, -0.15) is 4.98 Å². The van der Waals surface area contributed by atoms with Crippen molar-refractivity contribution in [2.75, 3.05) is 26.2 Å². The first-order valence-corrected chi connectivity index (χ1v) is 8.82. The molecule has 0 amide bonds. The van der Waals surface area contributed by atoms with Gasteiger partial charge in [0.05, 0.1) is 6.54 Å². The maximum atomic E-state index is 5.39. The van der Waals surface area contributed by atoms with Crippen LogP contribution in [0.2, 0.25) is 0 Å². The molecule has 0 aromatic carbocycles. The highest BCUT2D eigenvalue weighted by Gasteiger charge is 2.27. The summed E-state index contributed by atoms with van der Waals surface area (Å²) in [5.41, 5.74) is -0.0630. The zero-order chi connectivity index (χ0) is 15.6. The van der Waals surface area contributed by atoms with Crippen molar-refractivity contribution in [3.05, 3.63) is 11.7 Å². The van der Waals surface area contributed by atoms with Gasteiger partial charge in [-0.05, 0) is 38.8 Å². The van der Waals surface area contributed by atoms with Crippen LogP contribution in [0.3, 0.4) is 0 Å². The fraction of sp³-hybridized carbons (Fsp3) is 0.882. The highest BCUT2D eigenvalue weighted by molar-refractivity contribution is 4.98. The number of hydrogen-bond acceptors (Lipinski definition) is 5. The van der Waals surface area contributed by atoms with Crippen LogP contribution in [0.1, 0.15) is 64.6 Å². The highest BCUT2D eigenvalue weighted by Crippen LogP contribution is 2.23. The summed E-state index contributed by atoms with van der Waals surface area (Å²) in [7, 11) is 0. The second kappa shape index (κ2) is 6.67. The van der Waals surface area contributed by atoms with E-state index in [9.17, 15) is 0 Å². The second-order valence-electron chi connectivity index (χ2n) is 7.87. The van der Waals surface area contributed by atoms with Crippen molar-refractivity contribution in [2.24, 2.45) is 0 Å². The van der Waals surface area contributed by atoms with Crippen molar-refractivity contribution < 1.29 is 4.52 Å². The second-order valence-corrected chi connectivity index (χ2v) is 7.87. The minimum atomic E-state index is -0.0630. The molecule has 0 unspecified atom stereocenters. The standard InChI is InChI=1S/C17H30N4O/c1-17(2,3)16-18-15(19-22-16)13-20-11-7-14(8-12-20)21-9-5-4-6-10-21/h14H,4-13H2,1-3H3. The molecule has 124 valence electrons. The summed E-state index contributed by atoms with van der Waals surface area (Å²) in [5.74, 6) is 1.58. The van der Waals surface area contributed by atoms with Gasteiger partial charge in [0, 0.05) is 24.5 Å². The molecule has 3 rings (SSSR count). The summed E-state index contributed by atoms with van der Waals surface area (Å²) in [6.45, 7) is 12.1. The Balaban J connectivity index is 1.48. The van der Waals surface area contributed by atoms with Gasteiger partial charge in [-0.25, -0.2) is 0 Å². The molecular weight excluding hydrogens is 276 g/mol. The van der Waals surface area contributed by atoms with Gasteiger partial charge in [0.15, 0.2) is 5.82 Å². The molecule has 2 aliphatic heterocycles. The van der Waals surface area contributed by atoms with Gasteiger partial charge in [-0.3, -0.25) is 4.90 Å². The first kappa shape index (κ1) is 15.9. The molecule has 3 heterocycles. The number of piperidine rings is 2. The Hall–Kier alpha value is -0.940. The zero-order valence-electron chi connectivity index (χ0n) is 14.3. The van der Waals surface area contributed by atoms with Crippen LogP contribution in [0.4, 0.5) is 0 Å². The molecule has 1 aromatic heterocycles. The SMILES string of the molecule is CC(C)(C)c1nc(CN2CCC(N3CCCCC3)CC2)no1. The lowest BCUT2D eigenvalue weighted by atomic mass is 9.97. The Labute approximate surface area is 134 Å². The predicted octanol–water partition coefficient (Wildman–Crippen LogP) is 2.82. The Kier molecular flexibility index (Phi) is 4.83. The van der Waals surface area contributed by atoms with Gasteiger partial charge in [0.1, 0.15) is 0 Å². The molecule has 0 bridgehead atoms. The monoisotopic (exact) mass is 306 g/mol. The molecule has 5 nitrogen and oxygen atoms in total. The Morgan fingerprint density at radius 1 is 1.05 bits per heavy atom. The quantitative estimate of drug-likeness (QED) is 0.859. The van der Waals surface area contributed by atoms with Crippen molar-refractivity contribution in [1.29, 1.82) is 0 Å². The van der Waals surface area contributed by atoms with Gasteiger partial charge >= 0.3 is 0 Å². The van der Waals surface area contributed by atoms with Crippen LogP contribution >= 0.6 is 0 Å². The lowest BCUT2D eigenvalue weighted by Gasteiger charge is -2.39. The first-order valence-electron chi connectivity index (χ1n) is 8.82. The van der Waals surface area contributed by atoms with E-state index in [1.165, 1.54) is 45.2 Å². The van der Waals surface area contributed by atoms with Gasteiger partial charge in [0.25, 0.3) is 0 Å². The lowest BCUT2D eigenvalue weighted by molar-refractivity contribution is 0.0882. The van der Waals surface area contributed by atoms with E-state index < -0.39 is 0 Å². The maximum absolute atomic E-state index is 5.39. The molecule has 2 saturated heterocycles. The third-order valence-electron chi connectivity index (χ3n) is 4.94. The maximum Gasteiger partial charge on any atom is 0.232 e. The fourth-order valence-corrected chi connectivity index (χ4v) is 3.55. The average molecular weight is 306 g/mol. The van der Waals surface area contributed by atoms with E-state index in [1.54, 1.807) is 0 Å². The van der Waals surface area contributed by atoms with Crippen LogP contribution in [0, 0.1) is 0 Å². The number of nitrogens with zero attached hydrogens (tertiary/aromatic N) is 4. The summed E-state index contributed by atoms with van der Waals surface area (Å²) in [6.07, 6.45) is 6.76. The van der Waals surface area contributed by atoms with Crippen LogP contribution in [-0.2, 0) is 12.0 Å². The van der Waals surface area contributed by atoms with Crippen LogP contribution in [0.25, 0.3) is 0 Å². The zero-order valence-corrected chi connectivity index (χ0v) is 14.3. The summed E-state index contributed by atoms with van der Waals surface area (Å²) >= 11 is 0. The summed E-state index contributed by atoms with van der Waals surface area (Å²) in [5, 5.41) is 4.15. The fourth-order valence-electron chi connectivity index (χ4n) is 3.55. The third-order valence-corrected chi connectivity index (χ3v) is 4.94. The normalized spacial score (nSPS) is 23.0. The molecule has 1 aromatic rings. The topological polar surface area (TPSA) is 45.4 Å². The Morgan fingerprint density at radius 2 is 1.73 bits per heavy atom. The summed E-state index contributed by atoms with van der Waals surface area (Å²) in [6, 6.07) is 0.798. The van der Waals surface area contributed by atoms with Crippen molar-refractivity contribution in [3.63, 3.8) is 0 Å². The van der Waals surface area contributed by atoms with Crippen molar-refractivity contribution in [3.8, 4) is 0 Å². The number of hydrogen-bond donors (Lipinski definition) is 0. The predicted molar refractivity (Wildman–Crippen MR) is 86.7 cm³/mol. The Bertz CT molecular complexity index is 465. The highest BCUT2D eigenvalue weighted by atomic mass is 16.5. The Morgan fingerprint density at radius 3 is 2.32 bits per heavy atom. The van der Waals surface area contributed by atoms with E-state index in [0.29, 0.717) is 0 Å². The van der Waals surface area contributed by atoms with Crippen molar-refractivity contribution in [1.82, 2.24) is 19.9 Å². The molecule has 0 saturated carbocycles. The van der Waals surface area contributed by atoms with E-state index in [-0.39, 0.29) is 5.41 Å². The van der Waals surface area contributed by atoms with Gasteiger partial charge in [-0.1, -0.05) is 32.3 Å². The first-order chi connectivity index (χ1) is 10.5. The summed E-state index contributed by atoms with van der Waals surface area (Å²) < 4.78 is 5.39. The molecule has 22 heavy (non-hydrogen) atoms. The largest absolute Gasteiger partial charge is 0.339 e. The average Bonchev–Trinajstić information content (AvgIpc) is 2.98. The number of likely N-dealkylation sites (tertiary alicyclic amines) is 2. The minimum absolute atomic E-state index is 0.0630. The molecular formula is C17H30N4O.